The van der Waals surface area contributed by atoms with Gasteiger partial charge >= 0.3 is 0 Å². The molecule has 0 aromatic heterocycles. The van der Waals surface area contributed by atoms with Gasteiger partial charge in [0.15, 0.2) is 0 Å². The lowest BCUT2D eigenvalue weighted by molar-refractivity contribution is -0.121. The molecule has 1 heterocycles. The van der Waals surface area contributed by atoms with Crippen LogP contribution in [0, 0.1) is 6.92 Å². The number of carbonyl (C=O) groups excluding carboxylic acids is 1. The van der Waals surface area contributed by atoms with Crippen LogP contribution < -0.4 is 5.32 Å². The Morgan fingerprint density at radius 3 is 2.39 bits per heavy atom. The van der Waals surface area contributed by atoms with Crippen LogP contribution in [0.2, 0.25) is 5.02 Å². The average molecular weight is 422 g/mol. The fraction of sp³-hybridized carbons (Fsp3) is 0.350. The molecule has 1 N–H and O–H groups in total. The molecule has 0 spiro atoms. The fourth-order valence-electron chi connectivity index (χ4n) is 3.17. The highest BCUT2D eigenvalue weighted by Gasteiger charge is 2.34. The van der Waals surface area contributed by atoms with Gasteiger partial charge in [-0.1, -0.05) is 54.1 Å². The topological polar surface area (TPSA) is 69.7 Å². The molecule has 1 saturated heterocycles. The van der Waals surface area contributed by atoms with Gasteiger partial charge in [0.05, 0.1) is 6.54 Å². The van der Waals surface area contributed by atoms with E-state index in [-0.39, 0.29) is 19.0 Å². The molecular weight excluding hydrogens is 398 g/mol. The molecule has 150 valence electrons. The summed E-state index contributed by atoms with van der Waals surface area (Å²) < 4.78 is 28.6. The smallest absolute Gasteiger partial charge is 0.282 e. The summed E-state index contributed by atoms with van der Waals surface area (Å²) in [6, 6.07) is 15.0. The van der Waals surface area contributed by atoms with Crippen molar-refractivity contribution in [1.82, 2.24) is 13.9 Å². The minimum atomic E-state index is -3.69. The van der Waals surface area contributed by atoms with Gasteiger partial charge in [-0.05, 0) is 36.1 Å². The molecule has 0 saturated carbocycles. The van der Waals surface area contributed by atoms with Crippen molar-refractivity contribution in [3.05, 3.63) is 70.2 Å². The van der Waals surface area contributed by atoms with E-state index in [2.05, 4.69) is 5.32 Å². The highest BCUT2D eigenvalue weighted by Crippen LogP contribution is 2.20. The Bertz CT molecular complexity index is 949. The van der Waals surface area contributed by atoms with Gasteiger partial charge in [0, 0.05) is 31.2 Å². The van der Waals surface area contributed by atoms with Crippen LogP contribution in [0.5, 0.6) is 0 Å². The first-order valence-corrected chi connectivity index (χ1v) is 11.0. The summed E-state index contributed by atoms with van der Waals surface area (Å²) in [5.41, 5.74) is 2.81. The zero-order valence-electron chi connectivity index (χ0n) is 15.8. The molecule has 2 aromatic carbocycles. The zero-order valence-corrected chi connectivity index (χ0v) is 17.3. The first kappa shape index (κ1) is 20.8. The molecular formula is C20H24ClN3O3S. The SMILES string of the molecule is Cc1ccccc1CN1CCCN(CC(=O)NCc2ccccc2Cl)S1(=O)=O. The van der Waals surface area contributed by atoms with Crippen LogP contribution in [0.4, 0.5) is 0 Å². The van der Waals surface area contributed by atoms with Crippen molar-refractivity contribution in [2.75, 3.05) is 19.6 Å². The minimum absolute atomic E-state index is 0.197. The molecule has 1 fully saturated rings. The van der Waals surface area contributed by atoms with E-state index >= 15 is 0 Å². The molecule has 8 heteroatoms. The van der Waals surface area contributed by atoms with Gasteiger partial charge in [0.25, 0.3) is 10.2 Å². The molecule has 28 heavy (non-hydrogen) atoms. The summed E-state index contributed by atoms with van der Waals surface area (Å²) >= 11 is 6.09. The fourth-order valence-corrected chi connectivity index (χ4v) is 5.00. The maximum absolute atomic E-state index is 12.9. The quantitative estimate of drug-likeness (QED) is 0.779. The monoisotopic (exact) mass is 421 g/mol. The van der Waals surface area contributed by atoms with Gasteiger partial charge in [-0.15, -0.1) is 0 Å². The Morgan fingerprint density at radius 2 is 1.68 bits per heavy atom. The summed E-state index contributed by atoms with van der Waals surface area (Å²) in [6.07, 6.45) is 0.683. The van der Waals surface area contributed by atoms with Gasteiger partial charge in [-0.25, -0.2) is 0 Å². The van der Waals surface area contributed by atoms with Crippen molar-refractivity contribution < 1.29 is 13.2 Å². The van der Waals surface area contributed by atoms with E-state index in [9.17, 15) is 13.2 Å². The summed E-state index contributed by atoms with van der Waals surface area (Å²) in [4.78, 5) is 12.3. The number of benzene rings is 2. The molecule has 1 aliphatic rings. The van der Waals surface area contributed by atoms with Crippen LogP contribution >= 0.6 is 11.6 Å². The van der Waals surface area contributed by atoms with Gasteiger partial charge in [0.1, 0.15) is 0 Å². The number of carbonyl (C=O) groups is 1. The second-order valence-corrected chi connectivity index (χ2v) is 9.16. The van der Waals surface area contributed by atoms with E-state index in [4.69, 9.17) is 11.6 Å². The average Bonchev–Trinajstić information content (AvgIpc) is 2.66. The third-order valence-corrected chi connectivity index (χ3v) is 7.13. The summed E-state index contributed by atoms with van der Waals surface area (Å²) in [7, 11) is -3.69. The molecule has 2 aromatic rings. The normalized spacial score (nSPS) is 17.4. The lowest BCUT2D eigenvalue weighted by Crippen LogP contribution is -2.52. The maximum Gasteiger partial charge on any atom is 0.282 e. The molecule has 1 aliphatic heterocycles. The Kier molecular flexibility index (Phi) is 6.72. The molecule has 3 rings (SSSR count). The second kappa shape index (κ2) is 9.05. The first-order valence-electron chi connectivity index (χ1n) is 9.18. The Labute approximate surface area is 171 Å². The molecule has 6 nitrogen and oxygen atoms in total. The summed E-state index contributed by atoms with van der Waals surface area (Å²) in [6.45, 7) is 3.13. The standard InChI is InChI=1S/C20H24ClN3O3S/c1-16-7-2-3-9-18(16)14-23-11-6-12-24(28(23,26)27)15-20(25)22-13-17-8-4-5-10-19(17)21/h2-5,7-10H,6,11-15H2,1H3,(H,22,25). The Hall–Kier alpha value is -1.93. The molecule has 1 amide bonds. The van der Waals surface area contributed by atoms with E-state index in [1.165, 1.54) is 8.61 Å². The highest BCUT2D eigenvalue weighted by molar-refractivity contribution is 7.86. The molecule has 0 aliphatic carbocycles. The van der Waals surface area contributed by atoms with E-state index in [0.29, 0.717) is 31.1 Å². The van der Waals surface area contributed by atoms with Crippen LogP contribution in [-0.2, 0) is 28.1 Å². The number of hydrogen-bond donors (Lipinski definition) is 1. The lowest BCUT2D eigenvalue weighted by atomic mass is 10.1. The number of rotatable bonds is 6. The zero-order chi connectivity index (χ0) is 20.1. The van der Waals surface area contributed by atoms with Crippen molar-refractivity contribution in [3.8, 4) is 0 Å². The van der Waals surface area contributed by atoms with Crippen LogP contribution in [0.15, 0.2) is 48.5 Å². The maximum atomic E-state index is 12.9. The van der Waals surface area contributed by atoms with Crippen LogP contribution in [0.3, 0.4) is 0 Å². The third kappa shape index (κ3) is 4.91. The predicted octanol–water partition coefficient (Wildman–Crippen LogP) is 2.72. The number of nitrogens with one attached hydrogen (secondary N) is 1. The lowest BCUT2D eigenvalue weighted by Gasteiger charge is -2.34. The number of halogens is 1. The molecule has 0 unspecified atom stereocenters. The van der Waals surface area contributed by atoms with Crippen molar-refractivity contribution in [3.63, 3.8) is 0 Å². The second-order valence-electron chi connectivity index (χ2n) is 6.82. The number of hydrogen-bond acceptors (Lipinski definition) is 3. The Morgan fingerprint density at radius 1 is 1.04 bits per heavy atom. The largest absolute Gasteiger partial charge is 0.351 e. The molecule has 0 radical (unpaired) electrons. The first-order chi connectivity index (χ1) is 13.4. The summed E-state index contributed by atoms with van der Waals surface area (Å²) in [5.74, 6) is -0.346. The highest BCUT2D eigenvalue weighted by atomic mass is 35.5. The van der Waals surface area contributed by atoms with E-state index in [1.807, 2.05) is 49.4 Å². The molecule has 0 atom stereocenters. The predicted molar refractivity (Wildman–Crippen MR) is 110 cm³/mol. The number of nitrogens with zero attached hydrogens (tertiary/aromatic N) is 2. The van der Waals surface area contributed by atoms with Crippen molar-refractivity contribution in [2.24, 2.45) is 0 Å². The van der Waals surface area contributed by atoms with Crippen LogP contribution in [0.25, 0.3) is 0 Å². The van der Waals surface area contributed by atoms with Gasteiger partial charge < -0.3 is 5.32 Å². The van der Waals surface area contributed by atoms with Crippen LogP contribution in [0.1, 0.15) is 23.1 Å². The minimum Gasteiger partial charge on any atom is -0.351 e. The van der Waals surface area contributed by atoms with Crippen molar-refractivity contribution >= 4 is 27.7 Å². The van der Waals surface area contributed by atoms with E-state index < -0.39 is 10.2 Å². The van der Waals surface area contributed by atoms with Crippen molar-refractivity contribution in [1.29, 1.82) is 0 Å². The van der Waals surface area contributed by atoms with Gasteiger partial charge in [-0.3, -0.25) is 4.79 Å². The number of aryl methyl sites for hydroxylation is 1. The van der Waals surface area contributed by atoms with E-state index in [1.54, 1.807) is 6.07 Å². The van der Waals surface area contributed by atoms with Gasteiger partial charge in [0.2, 0.25) is 5.91 Å². The number of amides is 1. The van der Waals surface area contributed by atoms with Gasteiger partial charge in [-0.2, -0.15) is 17.0 Å². The summed E-state index contributed by atoms with van der Waals surface area (Å²) in [5, 5.41) is 3.32. The van der Waals surface area contributed by atoms with E-state index in [0.717, 1.165) is 16.7 Å². The molecule has 0 bridgehead atoms. The van der Waals surface area contributed by atoms with Crippen LogP contribution in [-0.4, -0.2) is 42.6 Å². The van der Waals surface area contributed by atoms with Crippen molar-refractivity contribution in [2.45, 2.75) is 26.4 Å². The Balaban J connectivity index is 1.62. The third-order valence-electron chi connectivity index (χ3n) is 4.83.